The van der Waals surface area contributed by atoms with Crippen molar-refractivity contribution in [2.24, 2.45) is 0 Å². The average Bonchev–Trinajstić information content (AvgIpc) is 3.14. The molecule has 4 rings (SSSR count). The fraction of sp³-hybridized carbons (Fsp3) is 0.0625. The van der Waals surface area contributed by atoms with Crippen molar-refractivity contribution < 1.29 is 13.2 Å². The number of nitrogens with one attached hydrogen (secondary N) is 1. The van der Waals surface area contributed by atoms with Gasteiger partial charge in [-0.3, -0.25) is 4.79 Å². The Labute approximate surface area is 137 Å². The maximum absolute atomic E-state index is 12.5. The summed E-state index contributed by atoms with van der Waals surface area (Å²) >= 11 is 0. The highest BCUT2D eigenvalue weighted by atomic mass is 32.2. The van der Waals surface area contributed by atoms with Crippen LogP contribution in [-0.2, 0) is 21.2 Å². The third-order valence-electron chi connectivity index (χ3n) is 3.79. The van der Waals surface area contributed by atoms with Gasteiger partial charge >= 0.3 is 0 Å². The molecule has 3 aromatic rings. The largest absolute Gasteiger partial charge is 0.324 e. The van der Waals surface area contributed by atoms with Crippen molar-refractivity contribution in [3.05, 3.63) is 55.1 Å². The maximum Gasteiger partial charge on any atom is 0.246 e. The highest BCUT2D eigenvalue weighted by Gasteiger charge is 2.32. The van der Waals surface area contributed by atoms with E-state index in [1.54, 1.807) is 36.4 Å². The molecule has 7 nitrogen and oxygen atoms in total. The van der Waals surface area contributed by atoms with Crippen LogP contribution < -0.4 is 5.32 Å². The zero-order chi connectivity index (χ0) is 16.7. The number of sulfone groups is 1. The molecule has 0 fully saturated rings. The van der Waals surface area contributed by atoms with Crippen molar-refractivity contribution in [1.29, 1.82) is 0 Å². The summed E-state index contributed by atoms with van der Waals surface area (Å²) in [5.41, 5.74) is 1.79. The number of aromatic nitrogens is 3. The van der Waals surface area contributed by atoms with E-state index in [0.717, 1.165) is 0 Å². The number of anilines is 1. The SMILES string of the molecule is O=C(Cn1cncn1)Nc1ccc2c(c1)-c1ccccc1S2(=O)=O. The topological polar surface area (TPSA) is 93.9 Å². The Balaban J connectivity index is 1.67. The number of hydrogen-bond acceptors (Lipinski definition) is 5. The Morgan fingerprint density at radius 1 is 1.08 bits per heavy atom. The van der Waals surface area contributed by atoms with Crippen molar-refractivity contribution in [3.63, 3.8) is 0 Å². The summed E-state index contributed by atoms with van der Waals surface area (Å²) in [5, 5.41) is 6.62. The van der Waals surface area contributed by atoms with Gasteiger partial charge in [0.05, 0.1) is 9.79 Å². The molecule has 1 aromatic heterocycles. The third kappa shape index (κ3) is 2.28. The number of amides is 1. The quantitative estimate of drug-likeness (QED) is 0.613. The van der Waals surface area contributed by atoms with E-state index >= 15 is 0 Å². The van der Waals surface area contributed by atoms with Crippen LogP contribution in [0.15, 0.2) is 64.9 Å². The number of nitrogens with zero attached hydrogens (tertiary/aromatic N) is 3. The number of carbonyl (C=O) groups excluding carboxylic acids is 1. The minimum atomic E-state index is -3.49. The lowest BCUT2D eigenvalue weighted by molar-refractivity contribution is -0.116. The van der Waals surface area contributed by atoms with Crippen LogP contribution in [0.2, 0.25) is 0 Å². The zero-order valence-corrected chi connectivity index (χ0v) is 13.2. The smallest absolute Gasteiger partial charge is 0.246 e. The first kappa shape index (κ1) is 14.6. The Morgan fingerprint density at radius 3 is 2.67 bits per heavy atom. The van der Waals surface area contributed by atoms with Gasteiger partial charge in [-0.2, -0.15) is 5.10 Å². The van der Waals surface area contributed by atoms with E-state index < -0.39 is 9.84 Å². The number of carbonyl (C=O) groups is 1. The zero-order valence-electron chi connectivity index (χ0n) is 12.4. The van der Waals surface area contributed by atoms with Gasteiger partial charge in [-0.15, -0.1) is 0 Å². The van der Waals surface area contributed by atoms with Crippen molar-refractivity contribution in [3.8, 4) is 11.1 Å². The van der Waals surface area contributed by atoms with Crippen LogP contribution in [0, 0.1) is 0 Å². The Morgan fingerprint density at radius 2 is 1.88 bits per heavy atom. The normalized spacial score (nSPS) is 14.0. The number of benzene rings is 2. The molecule has 0 unspecified atom stereocenters. The summed E-state index contributed by atoms with van der Waals surface area (Å²) < 4.78 is 26.4. The standard InChI is InChI=1S/C16H12N4O3S/c21-16(8-20-10-17-9-18-20)19-11-5-6-15-13(7-11)12-3-1-2-4-14(12)24(15,22)23/h1-7,9-10H,8H2,(H,19,21). The molecule has 0 saturated heterocycles. The average molecular weight is 340 g/mol. The van der Waals surface area contributed by atoms with Gasteiger partial charge in [0.1, 0.15) is 19.2 Å². The molecule has 24 heavy (non-hydrogen) atoms. The van der Waals surface area contributed by atoms with E-state index in [1.807, 2.05) is 0 Å². The second-order valence-corrected chi connectivity index (χ2v) is 7.24. The number of rotatable bonds is 3. The first-order valence-corrected chi connectivity index (χ1v) is 8.65. The molecule has 2 heterocycles. The third-order valence-corrected chi connectivity index (χ3v) is 5.66. The Bertz CT molecular complexity index is 1040. The number of hydrogen-bond donors (Lipinski definition) is 1. The summed E-state index contributed by atoms with van der Waals surface area (Å²) in [4.78, 5) is 16.4. The van der Waals surface area contributed by atoms with Crippen LogP contribution in [0.4, 0.5) is 5.69 Å². The summed E-state index contributed by atoms with van der Waals surface area (Å²) in [6, 6.07) is 11.6. The highest BCUT2D eigenvalue weighted by Crippen LogP contribution is 2.43. The van der Waals surface area contributed by atoms with E-state index in [-0.39, 0.29) is 17.3 Å². The van der Waals surface area contributed by atoms with Gasteiger partial charge in [-0.25, -0.2) is 18.1 Å². The molecule has 2 aromatic carbocycles. The van der Waals surface area contributed by atoms with Crippen molar-refractivity contribution in [1.82, 2.24) is 14.8 Å². The van der Waals surface area contributed by atoms with Crippen molar-refractivity contribution in [2.45, 2.75) is 16.3 Å². The fourth-order valence-electron chi connectivity index (χ4n) is 2.76. The van der Waals surface area contributed by atoms with Crippen LogP contribution in [-0.4, -0.2) is 29.1 Å². The fourth-order valence-corrected chi connectivity index (χ4v) is 4.42. The summed E-state index contributed by atoms with van der Waals surface area (Å²) in [6.07, 6.45) is 2.80. The lowest BCUT2D eigenvalue weighted by atomic mass is 10.1. The molecule has 0 bridgehead atoms. The summed E-state index contributed by atoms with van der Waals surface area (Å²) in [7, 11) is -3.49. The van der Waals surface area contributed by atoms with E-state index in [2.05, 4.69) is 15.4 Å². The lowest BCUT2D eigenvalue weighted by Gasteiger charge is -2.07. The monoisotopic (exact) mass is 340 g/mol. The molecule has 1 aliphatic heterocycles. The molecule has 0 aliphatic carbocycles. The van der Waals surface area contributed by atoms with Crippen molar-refractivity contribution in [2.75, 3.05) is 5.32 Å². The van der Waals surface area contributed by atoms with Gasteiger partial charge in [-0.05, 0) is 24.3 Å². The van der Waals surface area contributed by atoms with Gasteiger partial charge in [0, 0.05) is 16.8 Å². The van der Waals surface area contributed by atoms with Crippen molar-refractivity contribution >= 4 is 21.4 Å². The highest BCUT2D eigenvalue weighted by molar-refractivity contribution is 7.92. The predicted octanol–water partition coefficient (Wildman–Crippen LogP) is 1.73. The summed E-state index contributed by atoms with van der Waals surface area (Å²) in [6.45, 7) is 0.0337. The predicted molar refractivity (Wildman–Crippen MR) is 86.0 cm³/mol. The van der Waals surface area contributed by atoms with Crippen LogP contribution in [0.1, 0.15) is 0 Å². The van der Waals surface area contributed by atoms with Gasteiger partial charge in [-0.1, -0.05) is 18.2 Å². The molecule has 0 radical (unpaired) electrons. The second kappa shape index (κ2) is 5.27. The maximum atomic E-state index is 12.5. The molecule has 1 amide bonds. The Kier molecular flexibility index (Phi) is 3.20. The van der Waals surface area contributed by atoms with E-state index in [1.165, 1.54) is 23.4 Å². The molecule has 1 N–H and O–H groups in total. The van der Waals surface area contributed by atoms with Crippen LogP contribution in [0.5, 0.6) is 0 Å². The number of fused-ring (bicyclic) bond motifs is 3. The van der Waals surface area contributed by atoms with Crippen LogP contribution in [0.3, 0.4) is 0 Å². The van der Waals surface area contributed by atoms with E-state index in [0.29, 0.717) is 21.7 Å². The van der Waals surface area contributed by atoms with Gasteiger partial charge < -0.3 is 5.32 Å². The minimum Gasteiger partial charge on any atom is -0.324 e. The first-order chi connectivity index (χ1) is 11.6. The molecule has 1 aliphatic rings. The second-order valence-electron chi connectivity index (χ2n) is 5.35. The Hall–Kier alpha value is -3.00. The van der Waals surface area contributed by atoms with E-state index in [9.17, 15) is 13.2 Å². The first-order valence-electron chi connectivity index (χ1n) is 7.16. The summed E-state index contributed by atoms with van der Waals surface area (Å²) in [5.74, 6) is -0.269. The van der Waals surface area contributed by atoms with Gasteiger partial charge in [0.2, 0.25) is 15.7 Å². The molecule has 120 valence electrons. The molecule has 0 saturated carbocycles. The molecular weight excluding hydrogens is 328 g/mol. The molecule has 0 atom stereocenters. The van der Waals surface area contributed by atoms with Crippen LogP contribution >= 0.6 is 0 Å². The molecule has 8 heteroatoms. The van der Waals surface area contributed by atoms with E-state index in [4.69, 9.17) is 0 Å². The minimum absolute atomic E-state index is 0.0337. The lowest BCUT2D eigenvalue weighted by Crippen LogP contribution is -2.19. The molecular formula is C16H12N4O3S. The molecule has 0 spiro atoms. The van der Waals surface area contributed by atoms with Crippen LogP contribution in [0.25, 0.3) is 11.1 Å². The van der Waals surface area contributed by atoms with Gasteiger partial charge in [0.15, 0.2) is 0 Å². The van der Waals surface area contributed by atoms with Gasteiger partial charge in [0.25, 0.3) is 0 Å².